The number of anilines is 6. The van der Waals surface area contributed by atoms with E-state index in [0.717, 1.165) is 50.8 Å². The SMILES string of the molecule is O=C(O)Cc1ccccc1Nc1ccccc1.O=C(O)Cc1ccccc1Nc1ccccc1.O=C(O)Cc1ccccc1Nc1ccccc1.[La]. The Labute approximate surface area is 331 Å². The van der Waals surface area contributed by atoms with Crippen molar-refractivity contribution in [3.05, 3.63) is 180 Å². The fraction of sp³-hybridized carbons (Fsp3) is 0.0714. The van der Waals surface area contributed by atoms with Crippen LogP contribution in [-0.2, 0) is 33.6 Å². The monoisotopic (exact) mass is 820 g/mol. The maximum absolute atomic E-state index is 10.7. The summed E-state index contributed by atoms with van der Waals surface area (Å²) in [4.78, 5) is 32.2. The van der Waals surface area contributed by atoms with E-state index in [9.17, 15) is 14.4 Å². The van der Waals surface area contributed by atoms with Crippen molar-refractivity contribution < 1.29 is 65.3 Å². The molecule has 1 radical (unpaired) electrons. The van der Waals surface area contributed by atoms with E-state index >= 15 is 0 Å². The number of carbonyl (C=O) groups is 3. The summed E-state index contributed by atoms with van der Waals surface area (Å²) in [6.07, 6.45) is 0.0714. The second-order valence-electron chi connectivity index (χ2n) is 11.2. The van der Waals surface area contributed by atoms with Gasteiger partial charge in [-0.3, -0.25) is 14.4 Å². The summed E-state index contributed by atoms with van der Waals surface area (Å²) in [5.41, 5.74) is 7.70. The molecule has 6 aromatic carbocycles. The van der Waals surface area contributed by atoms with Crippen LogP contribution >= 0.6 is 0 Å². The van der Waals surface area contributed by atoms with Crippen LogP contribution in [0.15, 0.2) is 164 Å². The maximum Gasteiger partial charge on any atom is 0.307 e. The summed E-state index contributed by atoms with van der Waals surface area (Å²) in [6, 6.07) is 51.3. The van der Waals surface area contributed by atoms with Gasteiger partial charge in [-0.2, -0.15) is 0 Å². The Morgan fingerprint density at radius 3 is 0.788 bits per heavy atom. The van der Waals surface area contributed by atoms with Crippen molar-refractivity contribution in [2.45, 2.75) is 19.3 Å². The minimum Gasteiger partial charge on any atom is -0.481 e. The molecule has 0 bridgehead atoms. The fourth-order valence-corrected chi connectivity index (χ4v) is 4.91. The van der Waals surface area contributed by atoms with E-state index in [1.807, 2.05) is 164 Å². The van der Waals surface area contributed by atoms with Gasteiger partial charge in [0.25, 0.3) is 0 Å². The molecule has 6 N–H and O–H groups in total. The van der Waals surface area contributed by atoms with Gasteiger partial charge >= 0.3 is 17.9 Å². The average Bonchev–Trinajstić information content (AvgIpc) is 3.12. The molecule has 6 aromatic rings. The van der Waals surface area contributed by atoms with Crippen molar-refractivity contribution in [3.63, 3.8) is 0 Å². The van der Waals surface area contributed by atoms with Crippen molar-refractivity contribution in [3.8, 4) is 0 Å². The van der Waals surface area contributed by atoms with Crippen molar-refractivity contribution >= 4 is 52.0 Å². The molecular formula is C42H39LaN3O6. The zero-order valence-corrected chi connectivity index (χ0v) is 32.0. The van der Waals surface area contributed by atoms with E-state index in [1.165, 1.54) is 0 Å². The van der Waals surface area contributed by atoms with E-state index in [0.29, 0.717) is 0 Å². The Balaban J connectivity index is 0.000000208. The zero-order valence-electron chi connectivity index (χ0n) is 28.4. The smallest absolute Gasteiger partial charge is 0.307 e. The second kappa shape index (κ2) is 22.2. The summed E-state index contributed by atoms with van der Waals surface area (Å²) in [5.74, 6) is -2.48. The molecule has 0 aliphatic rings. The Morgan fingerprint density at radius 1 is 0.346 bits per heavy atom. The first-order valence-electron chi connectivity index (χ1n) is 16.1. The van der Waals surface area contributed by atoms with Gasteiger partial charge in [-0.05, 0) is 71.3 Å². The predicted octanol–water partition coefficient (Wildman–Crippen LogP) is 9.17. The number of para-hydroxylation sites is 6. The minimum atomic E-state index is -0.827. The third-order valence-electron chi connectivity index (χ3n) is 7.24. The number of aliphatic carboxylic acids is 3. The van der Waals surface area contributed by atoms with Crippen LogP contribution in [0.5, 0.6) is 0 Å². The molecule has 0 spiro atoms. The van der Waals surface area contributed by atoms with Crippen molar-refractivity contribution in [2.75, 3.05) is 16.0 Å². The van der Waals surface area contributed by atoms with Crippen LogP contribution in [0.1, 0.15) is 16.7 Å². The molecule has 0 saturated heterocycles. The molecule has 9 nitrogen and oxygen atoms in total. The Morgan fingerprint density at radius 2 is 0.558 bits per heavy atom. The maximum atomic E-state index is 10.7. The first-order valence-corrected chi connectivity index (χ1v) is 16.1. The van der Waals surface area contributed by atoms with E-state index < -0.39 is 17.9 Å². The number of carboxylic acids is 3. The van der Waals surface area contributed by atoms with Gasteiger partial charge in [0.2, 0.25) is 0 Å². The summed E-state index contributed by atoms with van der Waals surface area (Å²) in [6.45, 7) is 0. The number of benzene rings is 6. The third kappa shape index (κ3) is 14.7. The molecule has 0 aliphatic carbocycles. The molecule has 0 amide bonds. The number of nitrogens with one attached hydrogen (secondary N) is 3. The largest absolute Gasteiger partial charge is 0.481 e. The van der Waals surface area contributed by atoms with Gasteiger partial charge in [0.15, 0.2) is 0 Å². The van der Waals surface area contributed by atoms with Gasteiger partial charge in [0.1, 0.15) is 0 Å². The molecule has 0 unspecified atom stereocenters. The molecule has 6 rings (SSSR count). The molecule has 0 aromatic heterocycles. The molecule has 0 fully saturated rings. The Hall–Kier alpha value is -5.68. The Bertz CT molecular complexity index is 1760. The third-order valence-corrected chi connectivity index (χ3v) is 7.24. The van der Waals surface area contributed by atoms with Gasteiger partial charge in [0.05, 0.1) is 19.3 Å². The van der Waals surface area contributed by atoms with Crippen LogP contribution in [0.4, 0.5) is 34.1 Å². The van der Waals surface area contributed by atoms with Crippen LogP contribution in [0.2, 0.25) is 0 Å². The van der Waals surface area contributed by atoms with Gasteiger partial charge in [-0.1, -0.05) is 109 Å². The van der Waals surface area contributed by atoms with Crippen LogP contribution in [-0.4, -0.2) is 33.2 Å². The van der Waals surface area contributed by atoms with Gasteiger partial charge in [-0.25, -0.2) is 0 Å². The number of hydrogen-bond acceptors (Lipinski definition) is 6. The van der Waals surface area contributed by atoms with Crippen molar-refractivity contribution in [1.82, 2.24) is 0 Å². The molecule has 0 saturated carbocycles. The predicted molar refractivity (Wildman–Crippen MR) is 203 cm³/mol. The van der Waals surface area contributed by atoms with E-state index in [1.54, 1.807) is 0 Å². The molecular weight excluding hydrogens is 781 g/mol. The molecule has 0 aliphatic heterocycles. The normalized spacial score (nSPS) is 9.69. The number of hydrogen-bond donors (Lipinski definition) is 6. The summed E-state index contributed by atoms with van der Waals surface area (Å²) in [7, 11) is 0. The molecule has 10 heteroatoms. The quantitative estimate of drug-likeness (QED) is 0.0711. The van der Waals surface area contributed by atoms with Crippen LogP contribution in [0.25, 0.3) is 0 Å². The topological polar surface area (TPSA) is 148 Å². The fourth-order valence-electron chi connectivity index (χ4n) is 4.91. The van der Waals surface area contributed by atoms with Crippen molar-refractivity contribution in [2.24, 2.45) is 0 Å². The minimum absolute atomic E-state index is 0. The van der Waals surface area contributed by atoms with Gasteiger partial charge in [-0.15, -0.1) is 0 Å². The number of rotatable bonds is 12. The summed E-state index contributed by atoms with van der Waals surface area (Å²) in [5, 5.41) is 36.1. The van der Waals surface area contributed by atoms with Crippen LogP contribution in [0.3, 0.4) is 0 Å². The Kier molecular flexibility index (Phi) is 17.4. The van der Waals surface area contributed by atoms with E-state index in [-0.39, 0.29) is 54.9 Å². The average molecular weight is 821 g/mol. The van der Waals surface area contributed by atoms with E-state index in [2.05, 4.69) is 16.0 Å². The van der Waals surface area contributed by atoms with Crippen LogP contribution in [0, 0.1) is 35.6 Å². The molecule has 0 heterocycles. The molecule has 261 valence electrons. The molecule has 52 heavy (non-hydrogen) atoms. The van der Waals surface area contributed by atoms with E-state index in [4.69, 9.17) is 15.3 Å². The summed E-state index contributed by atoms with van der Waals surface area (Å²) >= 11 is 0. The first-order chi connectivity index (χ1) is 24.8. The standard InChI is InChI=1S/3C14H13NO2.La/c3*16-14(17)10-11-6-4-5-9-13(11)15-12-7-2-1-3-8-12;/h3*1-9,15H,10H2,(H,16,17);. The van der Waals surface area contributed by atoms with Crippen molar-refractivity contribution in [1.29, 1.82) is 0 Å². The molecule has 0 atom stereocenters. The second-order valence-corrected chi connectivity index (χ2v) is 11.2. The zero-order chi connectivity index (χ0) is 36.3. The van der Waals surface area contributed by atoms with Crippen LogP contribution < -0.4 is 16.0 Å². The van der Waals surface area contributed by atoms with Gasteiger partial charge in [0, 0.05) is 69.7 Å². The van der Waals surface area contributed by atoms with Gasteiger partial charge < -0.3 is 31.3 Å². The number of carboxylic acid groups (broad SMARTS) is 3. The first kappa shape index (κ1) is 40.8. The summed E-state index contributed by atoms with van der Waals surface area (Å²) < 4.78 is 0.